The summed E-state index contributed by atoms with van der Waals surface area (Å²) in [6.07, 6.45) is 109. The minimum atomic E-state index is -0.874. The fraction of sp³-hybridized carbons (Fsp3) is 0.810. The summed E-state index contributed by atoms with van der Waals surface area (Å²) in [5.74, 6) is -0.0715. The van der Waals surface area contributed by atoms with E-state index in [4.69, 9.17) is 0 Å². The molecule has 484 valence electrons. The van der Waals surface area contributed by atoms with E-state index in [-0.39, 0.29) is 12.5 Å². The average Bonchev–Trinajstić information content (AvgIpc) is 3.51. The van der Waals surface area contributed by atoms with Crippen LogP contribution in [0.5, 0.6) is 0 Å². The van der Waals surface area contributed by atoms with Crippen molar-refractivity contribution in [3.63, 3.8) is 0 Å². The maximum atomic E-state index is 12.6. The molecule has 4 heteroatoms. The predicted molar refractivity (Wildman–Crippen MR) is 373 cm³/mol. The van der Waals surface area contributed by atoms with Crippen LogP contribution in [0.2, 0.25) is 0 Å². The number of hydrogen-bond donors (Lipinski definition) is 3. The maximum Gasteiger partial charge on any atom is 0.220 e. The standard InChI is InChI=1S/C79H145NO3/c1-3-5-7-9-11-13-15-17-19-21-23-25-27-29-31-33-35-36-37-38-39-40-41-42-43-44-45-47-49-51-53-55-57-59-61-63-65-67-69-71-73-75-79(83)80-77(76-81)78(82)74-72-70-68-66-64-62-60-58-56-54-52-50-48-46-34-32-30-28-26-24-22-20-18-16-14-12-10-8-6-4-2/h5,7,11,13,17,19,23,25,56,58,64,66,72,74,77-78,81-82H,3-4,6,8-10,12,14-16,18,20-22,24,26-55,57,59-63,65,67-71,73,75-76H2,1-2H3,(H,80,83)/b7-5-,13-11-,19-17-,25-23-,58-56+,66-64+,74-72+. The molecule has 0 aromatic rings. The molecule has 0 saturated heterocycles. The summed E-state index contributed by atoms with van der Waals surface area (Å²) >= 11 is 0. The van der Waals surface area contributed by atoms with Gasteiger partial charge in [-0.2, -0.15) is 0 Å². The zero-order valence-electron chi connectivity index (χ0n) is 56.0. The van der Waals surface area contributed by atoms with E-state index in [0.717, 1.165) is 64.2 Å². The van der Waals surface area contributed by atoms with Gasteiger partial charge in [0, 0.05) is 6.42 Å². The Balaban J connectivity index is 3.45. The van der Waals surface area contributed by atoms with Gasteiger partial charge in [0.15, 0.2) is 0 Å². The largest absolute Gasteiger partial charge is 0.394 e. The van der Waals surface area contributed by atoms with Crippen LogP contribution in [0.25, 0.3) is 0 Å². The van der Waals surface area contributed by atoms with Crippen molar-refractivity contribution in [3.8, 4) is 0 Å². The highest BCUT2D eigenvalue weighted by Gasteiger charge is 2.18. The molecular weight excluding hydrogens is 1010 g/mol. The van der Waals surface area contributed by atoms with Crippen molar-refractivity contribution in [3.05, 3.63) is 85.1 Å². The van der Waals surface area contributed by atoms with Gasteiger partial charge in [-0.25, -0.2) is 0 Å². The number of carbonyl (C=O) groups excluding carboxylic acids is 1. The molecule has 83 heavy (non-hydrogen) atoms. The van der Waals surface area contributed by atoms with Gasteiger partial charge in [-0.15, -0.1) is 0 Å². The number of nitrogens with one attached hydrogen (secondary N) is 1. The molecule has 0 aromatic carbocycles. The molecule has 1 amide bonds. The van der Waals surface area contributed by atoms with E-state index < -0.39 is 12.1 Å². The number of aliphatic hydroxyl groups excluding tert-OH is 2. The molecule has 0 aromatic heterocycles. The van der Waals surface area contributed by atoms with Gasteiger partial charge in [-0.1, -0.05) is 388 Å². The van der Waals surface area contributed by atoms with Crippen LogP contribution >= 0.6 is 0 Å². The van der Waals surface area contributed by atoms with Gasteiger partial charge < -0.3 is 15.5 Å². The molecular formula is C79H145NO3. The van der Waals surface area contributed by atoms with Crippen LogP contribution in [0, 0.1) is 0 Å². The first-order chi connectivity index (χ1) is 41.2. The first-order valence-electron chi connectivity index (χ1n) is 37.3. The Morgan fingerprint density at radius 3 is 0.843 bits per heavy atom. The lowest BCUT2D eigenvalue weighted by atomic mass is 10.0. The quantitative estimate of drug-likeness (QED) is 0.0420. The van der Waals surface area contributed by atoms with Crippen LogP contribution in [0.15, 0.2) is 85.1 Å². The normalized spacial score (nSPS) is 13.2. The van der Waals surface area contributed by atoms with E-state index >= 15 is 0 Å². The summed E-state index contributed by atoms with van der Waals surface area (Å²) in [4.78, 5) is 12.6. The van der Waals surface area contributed by atoms with Crippen molar-refractivity contribution < 1.29 is 15.0 Å². The van der Waals surface area contributed by atoms with Crippen LogP contribution in [0.1, 0.15) is 393 Å². The van der Waals surface area contributed by atoms with Gasteiger partial charge >= 0.3 is 0 Å². The summed E-state index contributed by atoms with van der Waals surface area (Å²) < 4.78 is 0. The second-order valence-corrected chi connectivity index (χ2v) is 25.3. The molecule has 0 heterocycles. The first-order valence-corrected chi connectivity index (χ1v) is 37.3. The molecule has 3 N–H and O–H groups in total. The molecule has 0 fully saturated rings. The lowest BCUT2D eigenvalue weighted by Gasteiger charge is -2.19. The third-order valence-electron chi connectivity index (χ3n) is 17.1. The van der Waals surface area contributed by atoms with Gasteiger partial charge in [-0.05, 0) is 83.5 Å². The fourth-order valence-corrected chi connectivity index (χ4v) is 11.5. The topological polar surface area (TPSA) is 69.6 Å². The molecule has 0 spiro atoms. The summed E-state index contributed by atoms with van der Waals surface area (Å²) in [5, 5.41) is 23.3. The lowest BCUT2D eigenvalue weighted by Crippen LogP contribution is -2.45. The van der Waals surface area contributed by atoms with E-state index in [2.05, 4.69) is 92.1 Å². The van der Waals surface area contributed by atoms with Gasteiger partial charge in [0.25, 0.3) is 0 Å². The Morgan fingerprint density at radius 2 is 0.542 bits per heavy atom. The molecule has 0 bridgehead atoms. The van der Waals surface area contributed by atoms with Crippen molar-refractivity contribution >= 4 is 5.91 Å². The molecule has 4 nitrogen and oxygen atoms in total. The number of rotatable bonds is 69. The summed E-state index contributed by atoms with van der Waals surface area (Å²) in [6, 6.07) is -0.649. The SMILES string of the molecule is CC/C=C\C/C=C\C/C=C\C/C=C\CCCCCCCCCCCCCCCCCCCCCCCCCCCCCCC(=O)NC(CO)C(O)/C=C/CC/C=C/CC/C=C/CCCCCCCCCCCCCCCCCCCCCC. The fourth-order valence-electron chi connectivity index (χ4n) is 11.5. The lowest BCUT2D eigenvalue weighted by molar-refractivity contribution is -0.123. The van der Waals surface area contributed by atoms with E-state index in [9.17, 15) is 15.0 Å². The summed E-state index contributed by atoms with van der Waals surface area (Å²) in [7, 11) is 0. The Bertz CT molecular complexity index is 1450. The van der Waals surface area contributed by atoms with Crippen LogP contribution in [-0.4, -0.2) is 34.9 Å². The minimum Gasteiger partial charge on any atom is -0.394 e. The first kappa shape index (κ1) is 80.6. The molecule has 0 radical (unpaired) electrons. The van der Waals surface area contributed by atoms with E-state index in [1.54, 1.807) is 6.08 Å². The Labute approximate surface area is 520 Å². The number of hydrogen-bond acceptors (Lipinski definition) is 3. The van der Waals surface area contributed by atoms with Crippen molar-refractivity contribution in [1.29, 1.82) is 0 Å². The zero-order chi connectivity index (χ0) is 59.8. The van der Waals surface area contributed by atoms with Crippen molar-refractivity contribution in [2.45, 2.75) is 405 Å². The molecule has 0 aliphatic rings. The molecule has 0 saturated carbocycles. The van der Waals surface area contributed by atoms with Gasteiger partial charge in [0.1, 0.15) is 0 Å². The molecule has 0 rings (SSSR count). The monoisotopic (exact) mass is 1160 g/mol. The number of unbranched alkanes of at least 4 members (excludes halogenated alkanes) is 50. The van der Waals surface area contributed by atoms with Crippen molar-refractivity contribution in [2.75, 3.05) is 6.61 Å². The third kappa shape index (κ3) is 70.2. The van der Waals surface area contributed by atoms with Crippen LogP contribution in [0.4, 0.5) is 0 Å². The summed E-state index contributed by atoms with van der Waals surface area (Å²) in [6.45, 7) is 4.22. The highest BCUT2D eigenvalue weighted by molar-refractivity contribution is 5.76. The van der Waals surface area contributed by atoms with E-state index in [0.29, 0.717) is 6.42 Å². The third-order valence-corrected chi connectivity index (χ3v) is 17.1. The van der Waals surface area contributed by atoms with Gasteiger partial charge in [0.2, 0.25) is 5.91 Å². The number of aliphatic hydroxyl groups is 2. The Kier molecular flexibility index (Phi) is 71.7. The number of carbonyl (C=O) groups is 1. The maximum absolute atomic E-state index is 12.6. The molecule has 0 aliphatic heterocycles. The Morgan fingerprint density at radius 1 is 0.301 bits per heavy atom. The molecule has 2 atom stereocenters. The second-order valence-electron chi connectivity index (χ2n) is 25.3. The smallest absolute Gasteiger partial charge is 0.220 e. The summed E-state index contributed by atoms with van der Waals surface area (Å²) in [5.41, 5.74) is 0. The van der Waals surface area contributed by atoms with Crippen LogP contribution < -0.4 is 5.32 Å². The highest BCUT2D eigenvalue weighted by atomic mass is 16.3. The van der Waals surface area contributed by atoms with Crippen molar-refractivity contribution in [1.82, 2.24) is 5.32 Å². The van der Waals surface area contributed by atoms with Crippen LogP contribution in [-0.2, 0) is 4.79 Å². The van der Waals surface area contributed by atoms with Crippen molar-refractivity contribution in [2.24, 2.45) is 0 Å². The number of amides is 1. The second kappa shape index (κ2) is 73.8. The zero-order valence-corrected chi connectivity index (χ0v) is 56.0. The average molecular weight is 1160 g/mol. The highest BCUT2D eigenvalue weighted by Crippen LogP contribution is 2.19. The van der Waals surface area contributed by atoms with E-state index in [1.165, 1.54) is 308 Å². The Hall–Kier alpha value is -2.43. The predicted octanol–water partition coefficient (Wildman–Crippen LogP) is 25.8. The van der Waals surface area contributed by atoms with Gasteiger partial charge in [0.05, 0.1) is 18.8 Å². The number of allylic oxidation sites excluding steroid dienone is 13. The van der Waals surface area contributed by atoms with Crippen LogP contribution in [0.3, 0.4) is 0 Å². The molecule has 2 unspecified atom stereocenters. The van der Waals surface area contributed by atoms with Gasteiger partial charge in [-0.3, -0.25) is 4.79 Å². The van der Waals surface area contributed by atoms with E-state index in [1.807, 2.05) is 6.08 Å². The minimum absolute atomic E-state index is 0.0715. The molecule has 0 aliphatic carbocycles.